The Morgan fingerprint density at radius 2 is 1.68 bits per heavy atom. The van der Waals surface area contributed by atoms with E-state index in [0.717, 1.165) is 0 Å². The molecule has 2 aromatic rings. The van der Waals surface area contributed by atoms with Crippen molar-refractivity contribution in [3.05, 3.63) is 59.1 Å². The summed E-state index contributed by atoms with van der Waals surface area (Å²) in [7, 11) is 3.13. The van der Waals surface area contributed by atoms with Crippen LogP contribution in [-0.2, 0) is 4.79 Å². The zero-order chi connectivity index (χ0) is 15.9. The monoisotopic (exact) mass is 317 g/mol. The Kier molecular flexibility index (Phi) is 5.44. The maximum atomic E-state index is 12.0. The molecule has 1 N–H and O–H groups in total. The van der Waals surface area contributed by atoms with Gasteiger partial charge in [0.15, 0.2) is 0 Å². The number of rotatable bonds is 5. The van der Waals surface area contributed by atoms with Crippen LogP contribution in [0.25, 0.3) is 6.08 Å². The number of ether oxygens (including phenoxy) is 2. The summed E-state index contributed by atoms with van der Waals surface area (Å²) >= 11 is 6.00. The van der Waals surface area contributed by atoms with Crippen LogP contribution in [0.2, 0.25) is 5.02 Å². The topological polar surface area (TPSA) is 47.6 Å². The lowest BCUT2D eigenvalue weighted by Crippen LogP contribution is -2.08. The van der Waals surface area contributed by atoms with E-state index in [1.54, 1.807) is 56.7 Å². The highest BCUT2D eigenvalue weighted by molar-refractivity contribution is 6.33. The Morgan fingerprint density at radius 3 is 2.27 bits per heavy atom. The number of hydrogen-bond donors (Lipinski definition) is 1. The highest BCUT2D eigenvalue weighted by Gasteiger charge is 2.07. The van der Waals surface area contributed by atoms with Gasteiger partial charge in [0.25, 0.3) is 0 Å². The number of halogens is 1. The zero-order valence-electron chi connectivity index (χ0n) is 12.3. The molecule has 0 spiro atoms. The normalized spacial score (nSPS) is 10.5. The van der Waals surface area contributed by atoms with Crippen LogP contribution in [0.1, 0.15) is 5.56 Å². The van der Waals surface area contributed by atoms with Gasteiger partial charge in [-0.05, 0) is 30.3 Å². The molecule has 0 heterocycles. The maximum Gasteiger partial charge on any atom is 0.248 e. The van der Waals surface area contributed by atoms with Gasteiger partial charge in [-0.15, -0.1) is 0 Å². The lowest BCUT2D eigenvalue weighted by Gasteiger charge is -2.09. The lowest BCUT2D eigenvalue weighted by molar-refractivity contribution is -0.111. The largest absolute Gasteiger partial charge is 0.496 e. The van der Waals surface area contributed by atoms with Crippen LogP contribution >= 0.6 is 11.6 Å². The Balaban J connectivity index is 2.18. The van der Waals surface area contributed by atoms with E-state index < -0.39 is 0 Å². The molecule has 0 bridgehead atoms. The highest BCUT2D eigenvalue weighted by atomic mass is 35.5. The van der Waals surface area contributed by atoms with Gasteiger partial charge in [0.2, 0.25) is 5.91 Å². The molecule has 0 aromatic heterocycles. The third-order valence-electron chi connectivity index (χ3n) is 3.00. The van der Waals surface area contributed by atoms with Gasteiger partial charge in [0, 0.05) is 6.08 Å². The molecule has 0 radical (unpaired) electrons. The van der Waals surface area contributed by atoms with Crippen molar-refractivity contribution in [3.63, 3.8) is 0 Å². The van der Waals surface area contributed by atoms with Gasteiger partial charge in [-0.25, -0.2) is 0 Å². The van der Waals surface area contributed by atoms with E-state index in [0.29, 0.717) is 27.8 Å². The molecule has 0 unspecified atom stereocenters. The third-order valence-corrected chi connectivity index (χ3v) is 3.33. The molecule has 4 nitrogen and oxygen atoms in total. The first-order valence-electron chi connectivity index (χ1n) is 6.60. The molecular formula is C17H16ClNO3. The second-order valence-corrected chi connectivity index (χ2v) is 4.79. The minimum atomic E-state index is -0.291. The summed E-state index contributed by atoms with van der Waals surface area (Å²) in [6.45, 7) is 0. The SMILES string of the molecule is COc1cccc(OC)c1C=CC(=O)Nc1ccccc1Cl. The van der Waals surface area contributed by atoms with Gasteiger partial charge < -0.3 is 14.8 Å². The molecule has 0 fully saturated rings. The van der Waals surface area contributed by atoms with Gasteiger partial charge in [-0.1, -0.05) is 29.8 Å². The Bertz CT molecular complexity index is 676. The molecule has 114 valence electrons. The Morgan fingerprint density at radius 1 is 1.05 bits per heavy atom. The van der Waals surface area contributed by atoms with E-state index in [-0.39, 0.29) is 5.91 Å². The van der Waals surface area contributed by atoms with E-state index in [2.05, 4.69) is 5.32 Å². The van der Waals surface area contributed by atoms with Gasteiger partial charge in [-0.2, -0.15) is 0 Å². The first kappa shape index (κ1) is 15.9. The quantitative estimate of drug-likeness (QED) is 0.848. The molecular weight excluding hydrogens is 302 g/mol. The number of hydrogen-bond acceptors (Lipinski definition) is 3. The van der Waals surface area contributed by atoms with Crippen molar-refractivity contribution in [2.75, 3.05) is 19.5 Å². The van der Waals surface area contributed by atoms with Crippen LogP contribution in [0.15, 0.2) is 48.5 Å². The minimum Gasteiger partial charge on any atom is -0.496 e. The number of benzene rings is 2. The summed E-state index contributed by atoms with van der Waals surface area (Å²) in [6.07, 6.45) is 3.05. The number of carbonyl (C=O) groups is 1. The fourth-order valence-corrected chi connectivity index (χ4v) is 2.12. The molecule has 0 saturated heterocycles. The average Bonchev–Trinajstić information content (AvgIpc) is 2.54. The Labute approximate surface area is 134 Å². The van der Waals surface area contributed by atoms with Gasteiger partial charge in [-0.3, -0.25) is 4.79 Å². The summed E-state index contributed by atoms with van der Waals surface area (Å²) in [5, 5.41) is 3.20. The smallest absolute Gasteiger partial charge is 0.248 e. The molecule has 0 atom stereocenters. The number of methoxy groups -OCH3 is 2. The molecule has 2 rings (SSSR count). The van der Waals surface area contributed by atoms with E-state index in [1.165, 1.54) is 6.08 Å². The van der Waals surface area contributed by atoms with Crippen molar-refractivity contribution in [3.8, 4) is 11.5 Å². The molecule has 0 aliphatic rings. The summed E-state index contributed by atoms with van der Waals surface area (Å²) in [4.78, 5) is 12.0. The second-order valence-electron chi connectivity index (χ2n) is 4.38. The van der Waals surface area contributed by atoms with Crippen LogP contribution in [-0.4, -0.2) is 20.1 Å². The van der Waals surface area contributed by atoms with Crippen molar-refractivity contribution in [2.24, 2.45) is 0 Å². The van der Waals surface area contributed by atoms with Crippen LogP contribution in [0.4, 0.5) is 5.69 Å². The predicted molar refractivity (Wildman–Crippen MR) is 88.7 cm³/mol. The maximum absolute atomic E-state index is 12.0. The summed E-state index contributed by atoms with van der Waals surface area (Å²) < 4.78 is 10.5. The summed E-state index contributed by atoms with van der Waals surface area (Å²) in [5.41, 5.74) is 1.26. The fourth-order valence-electron chi connectivity index (χ4n) is 1.94. The first-order chi connectivity index (χ1) is 10.7. The molecule has 0 aliphatic heterocycles. The molecule has 0 aliphatic carbocycles. The first-order valence-corrected chi connectivity index (χ1v) is 6.98. The van der Waals surface area contributed by atoms with Crippen molar-refractivity contribution in [1.29, 1.82) is 0 Å². The van der Waals surface area contributed by atoms with E-state index in [9.17, 15) is 4.79 Å². The minimum absolute atomic E-state index is 0.291. The average molecular weight is 318 g/mol. The van der Waals surface area contributed by atoms with Crippen molar-refractivity contribution in [1.82, 2.24) is 0 Å². The number of amides is 1. The summed E-state index contributed by atoms with van der Waals surface area (Å²) in [6, 6.07) is 12.5. The van der Waals surface area contributed by atoms with Gasteiger partial charge in [0.1, 0.15) is 11.5 Å². The van der Waals surface area contributed by atoms with Crippen molar-refractivity contribution < 1.29 is 14.3 Å². The van der Waals surface area contributed by atoms with Crippen LogP contribution < -0.4 is 14.8 Å². The van der Waals surface area contributed by atoms with Crippen molar-refractivity contribution in [2.45, 2.75) is 0 Å². The van der Waals surface area contributed by atoms with Crippen LogP contribution in [0, 0.1) is 0 Å². The van der Waals surface area contributed by atoms with Gasteiger partial charge >= 0.3 is 0 Å². The highest BCUT2D eigenvalue weighted by Crippen LogP contribution is 2.29. The second kappa shape index (κ2) is 7.52. The summed E-state index contributed by atoms with van der Waals surface area (Å²) in [5.74, 6) is 0.961. The van der Waals surface area contributed by atoms with Crippen LogP contribution in [0.5, 0.6) is 11.5 Å². The van der Waals surface area contributed by atoms with Crippen molar-refractivity contribution >= 4 is 29.3 Å². The predicted octanol–water partition coefficient (Wildman–Crippen LogP) is 4.01. The zero-order valence-corrected chi connectivity index (χ0v) is 13.1. The van der Waals surface area contributed by atoms with Gasteiger partial charge in [0.05, 0.1) is 30.5 Å². The van der Waals surface area contributed by atoms with E-state index in [1.807, 2.05) is 6.07 Å². The number of carbonyl (C=O) groups excluding carboxylic acids is 1. The number of anilines is 1. The molecule has 1 amide bonds. The molecule has 0 saturated carbocycles. The molecule has 22 heavy (non-hydrogen) atoms. The van der Waals surface area contributed by atoms with Crippen LogP contribution in [0.3, 0.4) is 0 Å². The molecule has 5 heteroatoms. The molecule has 2 aromatic carbocycles. The Hall–Kier alpha value is -2.46. The number of nitrogens with one attached hydrogen (secondary N) is 1. The standard InChI is InChI=1S/C17H16ClNO3/c1-21-15-8-5-9-16(22-2)12(15)10-11-17(20)19-14-7-4-3-6-13(14)18/h3-11H,1-2H3,(H,19,20). The number of para-hydroxylation sites is 1. The van der Waals surface area contributed by atoms with E-state index in [4.69, 9.17) is 21.1 Å². The lowest BCUT2D eigenvalue weighted by atomic mass is 10.1. The fraction of sp³-hybridized carbons (Fsp3) is 0.118. The van der Waals surface area contributed by atoms with E-state index >= 15 is 0 Å². The third kappa shape index (κ3) is 3.80.